The molecule has 2 amide bonds. The summed E-state index contributed by atoms with van der Waals surface area (Å²) in [7, 11) is 1.81. The highest BCUT2D eigenvalue weighted by molar-refractivity contribution is 5.92. The lowest BCUT2D eigenvalue weighted by atomic mass is 9.98. The van der Waals surface area contributed by atoms with Crippen LogP contribution in [0.25, 0.3) is 11.1 Å². The molecule has 2 aliphatic rings. The van der Waals surface area contributed by atoms with Crippen LogP contribution in [0.2, 0.25) is 0 Å². The van der Waals surface area contributed by atoms with Gasteiger partial charge in [-0.25, -0.2) is 4.79 Å². The third-order valence-corrected chi connectivity index (χ3v) is 5.42. The van der Waals surface area contributed by atoms with Gasteiger partial charge in [-0.2, -0.15) is 0 Å². The van der Waals surface area contributed by atoms with Gasteiger partial charge in [0.05, 0.1) is 13.2 Å². The number of hydrogen-bond acceptors (Lipinski definition) is 3. The molecule has 1 atom stereocenters. The highest BCUT2D eigenvalue weighted by Crippen LogP contribution is 2.30. The number of carbonyl (C=O) groups is 1. The largest absolute Gasteiger partial charge is 0.379 e. The van der Waals surface area contributed by atoms with E-state index in [4.69, 9.17) is 4.74 Å². The van der Waals surface area contributed by atoms with E-state index in [2.05, 4.69) is 53.5 Å². The minimum atomic E-state index is -0.0493. The number of urea groups is 1. The summed E-state index contributed by atoms with van der Waals surface area (Å²) in [4.78, 5) is 15.9. The Morgan fingerprint density at radius 3 is 2.46 bits per heavy atom. The minimum Gasteiger partial charge on any atom is -0.379 e. The first-order valence-electron chi connectivity index (χ1n) is 9.19. The standard InChI is InChI=1S/C21H25N3O2/c1-15(24-9-11-26-12-10-24)16-3-5-17(6-4-16)18-7-8-20-19(13-18)14-23(2)21(25)22-20/h3-8,13,15H,9-12,14H2,1-2H3,(H,22,25)/t15-/m0/s1. The molecule has 0 radical (unpaired) electrons. The monoisotopic (exact) mass is 351 g/mol. The van der Waals surface area contributed by atoms with E-state index in [1.165, 1.54) is 16.7 Å². The van der Waals surface area contributed by atoms with E-state index in [0.29, 0.717) is 12.6 Å². The average Bonchev–Trinajstić information content (AvgIpc) is 2.69. The maximum Gasteiger partial charge on any atom is 0.321 e. The van der Waals surface area contributed by atoms with Crippen molar-refractivity contribution in [3.05, 3.63) is 53.6 Å². The number of nitrogens with one attached hydrogen (secondary N) is 1. The zero-order valence-electron chi connectivity index (χ0n) is 15.4. The molecule has 2 aliphatic heterocycles. The molecule has 2 aromatic rings. The number of fused-ring (bicyclic) bond motifs is 1. The summed E-state index contributed by atoms with van der Waals surface area (Å²) < 4.78 is 5.45. The van der Waals surface area contributed by atoms with Crippen molar-refractivity contribution < 1.29 is 9.53 Å². The van der Waals surface area contributed by atoms with Gasteiger partial charge in [0, 0.05) is 38.4 Å². The third-order valence-electron chi connectivity index (χ3n) is 5.42. The second-order valence-electron chi connectivity index (χ2n) is 7.10. The molecule has 136 valence electrons. The number of carbonyl (C=O) groups excluding carboxylic acids is 1. The zero-order valence-corrected chi connectivity index (χ0v) is 15.4. The Hall–Kier alpha value is -2.37. The van der Waals surface area contributed by atoms with Gasteiger partial charge in [-0.3, -0.25) is 4.90 Å². The molecule has 0 bridgehead atoms. The lowest BCUT2D eigenvalue weighted by Gasteiger charge is -2.32. The lowest BCUT2D eigenvalue weighted by molar-refractivity contribution is 0.0198. The first-order chi connectivity index (χ1) is 12.6. The Kier molecular flexibility index (Phi) is 4.66. The Bertz CT molecular complexity index is 797. The van der Waals surface area contributed by atoms with Crippen LogP contribution in [0.5, 0.6) is 0 Å². The Morgan fingerprint density at radius 1 is 1.04 bits per heavy atom. The second kappa shape index (κ2) is 7.09. The lowest BCUT2D eigenvalue weighted by Crippen LogP contribution is -2.37. The Morgan fingerprint density at radius 2 is 1.73 bits per heavy atom. The highest BCUT2D eigenvalue weighted by atomic mass is 16.5. The molecule has 2 aromatic carbocycles. The van der Waals surface area contributed by atoms with E-state index in [0.717, 1.165) is 37.6 Å². The number of nitrogens with zero attached hydrogens (tertiary/aromatic N) is 2. The molecule has 0 aliphatic carbocycles. The van der Waals surface area contributed by atoms with Crippen LogP contribution in [-0.2, 0) is 11.3 Å². The van der Waals surface area contributed by atoms with Gasteiger partial charge in [-0.1, -0.05) is 30.3 Å². The van der Waals surface area contributed by atoms with Gasteiger partial charge in [-0.15, -0.1) is 0 Å². The van der Waals surface area contributed by atoms with E-state index in [1.54, 1.807) is 4.90 Å². The van der Waals surface area contributed by atoms with Gasteiger partial charge >= 0.3 is 6.03 Å². The van der Waals surface area contributed by atoms with Gasteiger partial charge < -0.3 is 15.0 Å². The van der Waals surface area contributed by atoms with Crippen LogP contribution in [0.3, 0.4) is 0 Å². The molecule has 5 heteroatoms. The van der Waals surface area contributed by atoms with Crippen LogP contribution in [0.1, 0.15) is 24.1 Å². The van der Waals surface area contributed by atoms with Crippen molar-refractivity contribution in [2.24, 2.45) is 0 Å². The predicted molar refractivity (Wildman–Crippen MR) is 103 cm³/mol. The van der Waals surface area contributed by atoms with Crippen LogP contribution in [0.4, 0.5) is 10.5 Å². The smallest absolute Gasteiger partial charge is 0.321 e. The Balaban J connectivity index is 1.53. The minimum absolute atomic E-state index is 0.0493. The summed E-state index contributed by atoms with van der Waals surface area (Å²) in [6, 6.07) is 15.4. The van der Waals surface area contributed by atoms with Crippen molar-refractivity contribution >= 4 is 11.7 Å². The van der Waals surface area contributed by atoms with Crippen molar-refractivity contribution in [3.63, 3.8) is 0 Å². The highest BCUT2D eigenvalue weighted by Gasteiger charge is 2.20. The quantitative estimate of drug-likeness (QED) is 0.916. The fourth-order valence-electron chi connectivity index (χ4n) is 3.69. The maximum atomic E-state index is 11.7. The van der Waals surface area contributed by atoms with Crippen molar-refractivity contribution in [1.82, 2.24) is 9.80 Å². The molecule has 0 unspecified atom stereocenters. The zero-order chi connectivity index (χ0) is 18.1. The van der Waals surface area contributed by atoms with E-state index >= 15 is 0 Å². The van der Waals surface area contributed by atoms with Crippen LogP contribution >= 0.6 is 0 Å². The number of hydrogen-bond donors (Lipinski definition) is 1. The second-order valence-corrected chi connectivity index (χ2v) is 7.10. The first kappa shape index (κ1) is 17.1. The predicted octanol–water partition coefficient (Wildman–Crippen LogP) is 3.72. The molecular weight excluding hydrogens is 326 g/mol. The van der Waals surface area contributed by atoms with Gasteiger partial charge in [0.15, 0.2) is 0 Å². The van der Waals surface area contributed by atoms with Gasteiger partial charge in [0.25, 0.3) is 0 Å². The summed E-state index contributed by atoms with van der Waals surface area (Å²) in [5, 5.41) is 2.92. The number of benzene rings is 2. The summed E-state index contributed by atoms with van der Waals surface area (Å²) in [6.07, 6.45) is 0. The molecule has 0 aromatic heterocycles. The van der Waals surface area contributed by atoms with Crippen LogP contribution in [-0.4, -0.2) is 49.2 Å². The van der Waals surface area contributed by atoms with Gasteiger partial charge in [0.1, 0.15) is 0 Å². The van der Waals surface area contributed by atoms with E-state index in [9.17, 15) is 4.79 Å². The maximum absolute atomic E-state index is 11.7. The average molecular weight is 351 g/mol. The molecule has 0 spiro atoms. The number of rotatable bonds is 3. The van der Waals surface area contributed by atoms with Crippen molar-refractivity contribution in [3.8, 4) is 11.1 Å². The summed E-state index contributed by atoms with van der Waals surface area (Å²) >= 11 is 0. The SMILES string of the molecule is C[C@@H](c1ccc(-c2ccc3c(c2)CN(C)C(=O)N3)cc1)N1CCOCC1. The van der Waals surface area contributed by atoms with E-state index < -0.39 is 0 Å². The van der Waals surface area contributed by atoms with E-state index in [-0.39, 0.29) is 6.03 Å². The number of anilines is 1. The molecule has 5 nitrogen and oxygen atoms in total. The molecule has 4 rings (SSSR count). The summed E-state index contributed by atoms with van der Waals surface area (Å²) in [6.45, 7) is 6.53. The normalized spacial score (nSPS) is 19.0. The summed E-state index contributed by atoms with van der Waals surface area (Å²) in [5.41, 5.74) is 5.77. The molecule has 1 N–H and O–H groups in total. The molecule has 26 heavy (non-hydrogen) atoms. The molecular formula is C21H25N3O2. The molecule has 1 fully saturated rings. The number of amides is 2. The fraction of sp³-hybridized carbons (Fsp3) is 0.381. The van der Waals surface area contributed by atoms with Crippen LogP contribution in [0.15, 0.2) is 42.5 Å². The molecule has 1 saturated heterocycles. The molecule has 0 saturated carbocycles. The first-order valence-corrected chi connectivity index (χ1v) is 9.19. The van der Waals surface area contributed by atoms with Crippen molar-refractivity contribution in [2.45, 2.75) is 19.5 Å². The fourth-order valence-corrected chi connectivity index (χ4v) is 3.69. The van der Waals surface area contributed by atoms with Crippen LogP contribution < -0.4 is 5.32 Å². The van der Waals surface area contributed by atoms with Gasteiger partial charge in [0.2, 0.25) is 0 Å². The van der Waals surface area contributed by atoms with Crippen LogP contribution in [0, 0.1) is 0 Å². The van der Waals surface area contributed by atoms with Crippen molar-refractivity contribution in [2.75, 3.05) is 38.7 Å². The van der Waals surface area contributed by atoms with Gasteiger partial charge in [-0.05, 0) is 41.3 Å². The number of ether oxygens (including phenoxy) is 1. The van der Waals surface area contributed by atoms with Crippen molar-refractivity contribution in [1.29, 1.82) is 0 Å². The number of morpholine rings is 1. The topological polar surface area (TPSA) is 44.8 Å². The Labute approximate surface area is 154 Å². The molecule has 2 heterocycles. The van der Waals surface area contributed by atoms with E-state index in [1.807, 2.05) is 13.1 Å². The third kappa shape index (κ3) is 3.32. The summed E-state index contributed by atoms with van der Waals surface area (Å²) in [5.74, 6) is 0.